The predicted octanol–water partition coefficient (Wildman–Crippen LogP) is 10.2. The fraction of sp³-hybridized carbons (Fsp3) is 0.750. The number of hydrogen-bond acceptors (Lipinski definition) is 2. The van der Waals surface area contributed by atoms with Gasteiger partial charge in [-0.2, -0.15) is 0 Å². The van der Waals surface area contributed by atoms with E-state index in [0.29, 0.717) is 0 Å². The van der Waals surface area contributed by atoms with Crippen LogP contribution in [0.3, 0.4) is 0 Å². The normalized spacial score (nSPS) is 31.1. The first kappa shape index (κ1) is 36.2. The quantitative estimate of drug-likeness (QED) is 0.225. The van der Waals surface area contributed by atoms with Crippen LogP contribution in [0.25, 0.3) is 0 Å². The number of rotatable bonds is 4. The third kappa shape index (κ3) is 4.84. The summed E-state index contributed by atoms with van der Waals surface area (Å²) >= 11 is -3.53. The van der Waals surface area contributed by atoms with Gasteiger partial charge in [0.2, 0.25) is 0 Å². The van der Waals surface area contributed by atoms with Crippen molar-refractivity contribution in [3.8, 4) is 0 Å². The molecule has 2 nitrogen and oxygen atoms in total. The molecule has 0 aromatic rings. The Hall–Kier alpha value is 0.982. The van der Waals surface area contributed by atoms with Crippen molar-refractivity contribution in [1.82, 2.24) is 0 Å². The van der Waals surface area contributed by atoms with E-state index in [2.05, 4.69) is 147 Å². The van der Waals surface area contributed by atoms with E-state index in [1.807, 2.05) is 0 Å². The van der Waals surface area contributed by atoms with Gasteiger partial charge in [-0.05, 0) is 0 Å². The summed E-state index contributed by atoms with van der Waals surface area (Å²) in [5, 5.41) is -1.24. The van der Waals surface area contributed by atoms with Crippen LogP contribution in [0.5, 0.6) is 0 Å². The van der Waals surface area contributed by atoms with Crippen molar-refractivity contribution in [2.24, 2.45) is 11.5 Å². The fourth-order valence-electron chi connectivity index (χ4n) is 9.79. The van der Waals surface area contributed by atoms with Crippen LogP contribution < -0.4 is 11.5 Å². The second kappa shape index (κ2) is 10.6. The van der Waals surface area contributed by atoms with Crippen LogP contribution in [0.4, 0.5) is 0 Å². The van der Waals surface area contributed by atoms with Crippen molar-refractivity contribution < 1.29 is 12.5 Å². The second-order valence-corrected chi connectivity index (χ2v) is 53.3. The van der Waals surface area contributed by atoms with Gasteiger partial charge in [-0.25, -0.2) is 0 Å². The van der Waals surface area contributed by atoms with Crippen molar-refractivity contribution in [3.63, 3.8) is 0 Å². The minimum atomic E-state index is -3.53. The van der Waals surface area contributed by atoms with Crippen LogP contribution >= 0.6 is 30.0 Å². The molecular formula is C32H62Cl2N2P2Pd-2. The van der Waals surface area contributed by atoms with Crippen LogP contribution in [0.2, 0.25) is 0 Å². The van der Waals surface area contributed by atoms with Gasteiger partial charge in [0.25, 0.3) is 0 Å². The van der Waals surface area contributed by atoms with Gasteiger partial charge in [-0.15, -0.1) is 0 Å². The van der Waals surface area contributed by atoms with E-state index < -0.39 is 23.4 Å². The zero-order chi connectivity index (χ0) is 31.1. The fourth-order valence-corrected chi connectivity index (χ4v) is 119. The molecule has 0 aliphatic heterocycles. The van der Waals surface area contributed by atoms with Gasteiger partial charge in [0.1, 0.15) is 0 Å². The van der Waals surface area contributed by atoms with Gasteiger partial charge in [0.05, 0.1) is 0 Å². The zero-order valence-electron chi connectivity index (χ0n) is 27.8. The molecule has 2 rings (SSSR count). The van der Waals surface area contributed by atoms with Gasteiger partial charge in [-0.1, -0.05) is 0 Å². The first-order chi connectivity index (χ1) is 17.0. The van der Waals surface area contributed by atoms with Crippen molar-refractivity contribution in [2.45, 2.75) is 154 Å². The third-order valence-corrected chi connectivity index (χ3v) is 71.5. The van der Waals surface area contributed by atoms with Crippen LogP contribution in [-0.2, 0) is 12.5 Å². The maximum atomic E-state index is 8.79. The number of allylic oxidation sites excluding steroid dienone is 4. The molecule has 0 saturated heterocycles. The Bertz CT molecular complexity index is 967. The summed E-state index contributed by atoms with van der Waals surface area (Å²) in [7, 11) is 17.6. The Labute approximate surface area is 253 Å². The van der Waals surface area contributed by atoms with Crippen LogP contribution in [0.15, 0.2) is 47.6 Å². The zero-order valence-corrected chi connectivity index (χ0v) is 32.9. The molecule has 0 saturated carbocycles. The van der Waals surface area contributed by atoms with E-state index in [-0.39, 0.29) is 43.0 Å². The summed E-state index contributed by atoms with van der Waals surface area (Å²) in [6, 6.07) is -0.311. The molecule has 0 aromatic carbocycles. The Balaban J connectivity index is 3.39. The minimum absolute atomic E-state index is 0.138. The predicted molar refractivity (Wildman–Crippen MR) is 186 cm³/mol. The van der Waals surface area contributed by atoms with Crippen LogP contribution in [-0.4, -0.2) is 43.0 Å². The van der Waals surface area contributed by atoms with Gasteiger partial charge in [0.15, 0.2) is 0 Å². The molecule has 0 heterocycles. The van der Waals surface area contributed by atoms with Crippen LogP contribution in [0.1, 0.15) is 111 Å². The Morgan fingerprint density at radius 2 is 0.846 bits per heavy atom. The summed E-state index contributed by atoms with van der Waals surface area (Å²) in [6.07, 6.45) is 13.9. The summed E-state index contributed by atoms with van der Waals surface area (Å²) in [5.74, 6) is 0. The summed E-state index contributed by atoms with van der Waals surface area (Å²) in [6.45, 7) is 38.1. The Morgan fingerprint density at radius 1 is 0.615 bits per heavy atom. The molecule has 4 unspecified atom stereocenters. The standard InChI is InChI=1S/2C16H30NP.2ClH.Pd/c2*1-12-9-10-16(8,13(17)11-12)18(14(2,3)4)15(5,6)7;;;/h2*9-11,13H,17H2,1-8H3;2*1H;/q;;;;-2. The van der Waals surface area contributed by atoms with Crippen molar-refractivity contribution in [3.05, 3.63) is 47.6 Å². The molecule has 0 radical (unpaired) electrons. The Kier molecular flexibility index (Phi) is 9.79. The van der Waals surface area contributed by atoms with E-state index in [9.17, 15) is 0 Å². The monoisotopic (exact) mass is 712 g/mol. The molecule has 0 amide bonds. The molecule has 0 bridgehead atoms. The van der Waals surface area contributed by atoms with Crippen molar-refractivity contribution >= 4 is 30.0 Å². The van der Waals surface area contributed by atoms with E-state index in [1.54, 1.807) is 0 Å². The van der Waals surface area contributed by atoms with E-state index in [4.69, 9.17) is 30.5 Å². The molecule has 7 heteroatoms. The molecule has 2 aliphatic rings. The third-order valence-electron chi connectivity index (χ3n) is 9.62. The Morgan fingerprint density at radius 3 is 1.03 bits per heavy atom. The molecule has 0 aromatic heterocycles. The first-order valence-electron chi connectivity index (χ1n) is 14.4. The van der Waals surface area contributed by atoms with Gasteiger partial charge in [-0.3, -0.25) is 0 Å². The maximum absolute atomic E-state index is 8.79. The summed E-state index contributed by atoms with van der Waals surface area (Å²) in [4.78, 5) is 0. The summed E-state index contributed by atoms with van der Waals surface area (Å²) < 4.78 is 0. The van der Waals surface area contributed by atoms with Crippen molar-refractivity contribution in [2.75, 3.05) is 0 Å². The molecule has 4 atom stereocenters. The van der Waals surface area contributed by atoms with Crippen LogP contribution in [0, 0.1) is 0 Å². The molecule has 0 spiro atoms. The SMILES string of the molecule is CC1=CC(N)C(C)([PH](C(C)(C)C)(C(C)(C)C)[Pd-2]([Cl])([Cl])[PH](C(C)(C)C)(C(C)(C)C)C2(C)C=CC(C)=CC2N)C=C1. The average Bonchev–Trinajstić information content (AvgIpc) is 2.64. The topological polar surface area (TPSA) is 52.0 Å². The molecule has 2 aliphatic carbocycles. The molecule has 4 N–H and O–H groups in total. The molecule has 236 valence electrons. The average molecular weight is 714 g/mol. The second-order valence-electron chi connectivity index (χ2n) is 16.7. The van der Waals surface area contributed by atoms with Gasteiger partial charge >= 0.3 is 255 Å². The first-order valence-corrected chi connectivity index (χ1v) is 26.7. The van der Waals surface area contributed by atoms with E-state index >= 15 is 0 Å². The van der Waals surface area contributed by atoms with Gasteiger partial charge in [0, 0.05) is 0 Å². The molecular weight excluding hydrogens is 652 g/mol. The molecule has 0 fully saturated rings. The number of nitrogens with two attached hydrogens (primary N) is 2. The summed E-state index contributed by atoms with van der Waals surface area (Å²) in [5.41, 5.74) is 11.2. The van der Waals surface area contributed by atoms with Crippen molar-refractivity contribution in [1.29, 1.82) is 0 Å². The van der Waals surface area contributed by atoms with Gasteiger partial charge < -0.3 is 0 Å². The van der Waals surface area contributed by atoms with E-state index in [0.717, 1.165) is 0 Å². The molecule has 39 heavy (non-hydrogen) atoms. The van der Waals surface area contributed by atoms with E-state index in [1.165, 1.54) is 11.1 Å². The number of hydrogen-bond donors (Lipinski definition) is 2. The number of halogens is 2.